The summed E-state index contributed by atoms with van der Waals surface area (Å²) >= 11 is 0. The standard InChI is InChI=1S/C16H24F3N3O3SSi/c1-12-14(2-3-15(20-12)16(17,18)19)26(23,24)22-6-4-21(5-7-22)13-10-25-8-9-27-11-13/h2-3,13H,4-11,27H2,1H3. The molecule has 0 aromatic carbocycles. The molecule has 1 aromatic rings. The monoisotopic (exact) mass is 423 g/mol. The third-order valence-electron chi connectivity index (χ3n) is 5.12. The number of aryl methyl sites for hydroxylation is 1. The summed E-state index contributed by atoms with van der Waals surface area (Å²) in [6, 6.07) is 4.46. The number of nitrogens with zero attached hydrogens (tertiary/aromatic N) is 3. The summed E-state index contributed by atoms with van der Waals surface area (Å²) in [5.41, 5.74) is -1.21. The van der Waals surface area contributed by atoms with E-state index in [1.54, 1.807) is 0 Å². The molecule has 0 bridgehead atoms. The molecular weight excluding hydrogens is 399 g/mol. The number of sulfonamides is 1. The molecule has 2 saturated heterocycles. The molecule has 1 atom stereocenters. The van der Waals surface area contributed by atoms with Crippen molar-refractivity contribution in [3.8, 4) is 0 Å². The van der Waals surface area contributed by atoms with Crippen LogP contribution in [0.4, 0.5) is 13.2 Å². The minimum Gasteiger partial charge on any atom is -0.380 e. The summed E-state index contributed by atoms with van der Waals surface area (Å²) in [5, 5.41) is 0. The number of hydrogen-bond acceptors (Lipinski definition) is 5. The van der Waals surface area contributed by atoms with Gasteiger partial charge in [0.2, 0.25) is 10.0 Å². The molecule has 2 aliphatic rings. The fourth-order valence-electron chi connectivity index (χ4n) is 3.60. The third-order valence-corrected chi connectivity index (χ3v) is 9.02. The molecule has 11 heteroatoms. The largest absolute Gasteiger partial charge is 0.433 e. The van der Waals surface area contributed by atoms with Crippen molar-refractivity contribution in [2.75, 3.05) is 39.4 Å². The van der Waals surface area contributed by atoms with E-state index in [-0.39, 0.29) is 20.1 Å². The van der Waals surface area contributed by atoms with Crippen molar-refractivity contribution >= 4 is 19.5 Å². The lowest BCUT2D eigenvalue weighted by atomic mass is 10.2. The summed E-state index contributed by atoms with van der Waals surface area (Å²) in [7, 11) is -3.98. The maximum atomic E-state index is 12.9. The first-order chi connectivity index (χ1) is 12.7. The van der Waals surface area contributed by atoms with Crippen molar-refractivity contribution in [3.05, 3.63) is 23.5 Å². The van der Waals surface area contributed by atoms with Crippen LogP contribution in [0.15, 0.2) is 17.0 Å². The van der Waals surface area contributed by atoms with Gasteiger partial charge in [0, 0.05) is 48.3 Å². The predicted molar refractivity (Wildman–Crippen MR) is 97.1 cm³/mol. The predicted octanol–water partition coefficient (Wildman–Crippen LogP) is 1.12. The van der Waals surface area contributed by atoms with Gasteiger partial charge in [-0.25, -0.2) is 13.4 Å². The zero-order valence-corrected chi connectivity index (χ0v) is 17.4. The van der Waals surface area contributed by atoms with Gasteiger partial charge in [-0.2, -0.15) is 17.5 Å². The minimum absolute atomic E-state index is 0.121. The summed E-state index contributed by atoms with van der Waals surface area (Å²) in [6.07, 6.45) is -4.59. The maximum Gasteiger partial charge on any atom is 0.433 e. The quantitative estimate of drug-likeness (QED) is 0.682. The van der Waals surface area contributed by atoms with Crippen LogP contribution >= 0.6 is 0 Å². The van der Waals surface area contributed by atoms with E-state index in [9.17, 15) is 21.6 Å². The van der Waals surface area contributed by atoms with E-state index in [1.807, 2.05) is 0 Å². The molecule has 0 N–H and O–H groups in total. The van der Waals surface area contributed by atoms with Crippen LogP contribution in [0, 0.1) is 6.92 Å². The van der Waals surface area contributed by atoms with E-state index in [2.05, 4.69) is 9.88 Å². The van der Waals surface area contributed by atoms with Gasteiger partial charge < -0.3 is 4.74 Å². The molecule has 0 amide bonds. The number of pyridine rings is 1. The lowest BCUT2D eigenvalue weighted by Gasteiger charge is -2.38. The highest BCUT2D eigenvalue weighted by molar-refractivity contribution is 7.89. The average Bonchev–Trinajstić information content (AvgIpc) is 2.90. The minimum atomic E-state index is -4.59. The maximum absolute atomic E-state index is 12.9. The van der Waals surface area contributed by atoms with Crippen LogP contribution in [0.2, 0.25) is 12.1 Å². The fourth-order valence-corrected chi connectivity index (χ4v) is 6.88. The number of ether oxygens (including phenoxy) is 1. The SMILES string of the molecule is Cc1nc(C(F)(F)F)ccc1S(=O)(=O)N1CCN(C2COCC[SiH2]C2)CC1. The Morgan fingerprint density at radius 2 is 1.93 bits per heavy atom. The second kappa shape index (κ2) is 8.16. The van der Waals surface area contributed by atoms with Gasteiger partial charge in [0.05, 0.1) is 12.3 Å². The molecule has 0 aliphatic carbocycles. The molecule has 2 aliphatic heterocycles. The Kier molecular flexibility index (Phi) is 6.26. The molecule has 0 spiro atoms. The molecule has 152 valence electrons. The van der Waals surface area contributed by atoms with Gasteiger partial charge in [-0.05, 0) is 31.1 Å². The Bertz CT molecular complexity index is 760. The van der Waals surface area contributed by atoms with Crippen LogP contribution in [0.1, 0.15) is 11.4 Å². The molecule has 2 fully saturated rings. The highest BCUT2D eigenvalue weighted by atomic mass is 32.2. The van der Waals surface area contributed by atoms with Crippen LogP contribution in [0.3, 0.4) is 0 Å². The number of halogens is 3. The smallest absolute Gasteiger partial charge is 0.380 e. The first-order valence-electron chi connectivity index (χ1n) is 9.06. The molecule has 3 heterocycles. The highest BCUT2D eigenvalue weighted by Gasteiger charge is 2.36. The Morgan fingerprint density at radius 1 is 1.22 bits per heavy atom. The van der Waals surface area contributed by atoms with E-state index in [4.69, 9.17) is 4.74 Å². The van der Waals surface area contributed by atoms with E-state index < -0.39 is 21.9 Å². The first kappa shape index (κ1) is 20.7. The summed E-state index contributed by atoms with van der Waals surface area (Å²) in [4.78, 5) is 5.57. The van der Waals surface area contributed by atoms with Gasteiger partial charge in [0.15, 0.2) is 0 Å². The van der Waals surface area contributed by atoms with Crippen molar-refractivity contribution in [3.63, 3.8) is 0 Å². The second-order valence-corrected chi connectivity index (χ2v) is 10.8. The van der Waals surface area contributed by atoms with Crippen LogP contribution < -0.4 is 0 Å². The van der Waals surface area contributed by atoms with Crippen LogP contribution in [0.5, 0.6) is 0 Å². The Balaban J connectivity index is 1.70. The first-order valence-corrected chi connectivity index (χ1v) is 12.5. The molecule has 6 nitrogen and oxygen atoms in total. The lowest BCUT2D eigenvalue weighted by molar-refractivity contribution is -0.141. The van der Waals surface area contributed by atoms with Crippen molar-refractivity contribution in [2.45, 2.75) is 36.1 Å². The molecular formula is C16H24F3N3O3SSi. The molecule has 27 heavy (non-hydrogen) atoms. The van der Waals surface area contributed by atoms with Crippen molar-refractivity contribution in [2.24, 2.45) is 0 Å². The van der Waals surface area contributed by atoms with Gasteiger partial charge in [-0.1, -0.05) is 0 Å². The highest BCUT2D eigenvalue weighted by Crippen LogP contribution is 2.30. The average molecular weight is 424 g/mol. The molecule has 3 rings (SSSR count). The number of rotatable bonds is 3. The van der Waals surface area contributed by atoms with Gasteiger partial charge in [-0.3, -0.25) is 4.90 Å². The van der Waals surface area contributed by atoms with Crippen LogP contribution in [0.25, 0.3) is 0 Å². The summed E-state index contributed by atoms with van der Waals surface area (Å²) in [6.45, 7) is 4.68. The normalized spacial score (nSPS) is 24.8. The Hall–Kier alpha value is -1.01. The second-order valence-electron chi connectivity index (χ2n) is 6.94. The van der Waals surface area contributed by atoms with E-state index in [1.165, 1.54) is 23.3 Å². The Morgan fingerprint density at radius 3 is 2.56 bits per heavy atom. The topological polar surface area (TPSA) is 62.7 Å². The number of hydrogen-bond donors (Lipinski definition) is 0. The van der Waals surface area contributed by atoms with Gasteiger partial charge in [-0.15, -0.1) is 0 Å². The molecule has 1 unspecified atom stereocenters. The van der Waals surface area contributed by atoms with Crippen molar-refractivity contribution < 1.29 is 26.3 Å². The molecule has 0 radical (unpaired) electrons. The summed E-state index contributed by atoms with van der Waals surface area (Å²) in [5.74, 6) is 0. The van der Waals surface area contributed by atoms with Gasteiger partial charge in [0.25, 0.3) is 0 Å². The van der Waals surface area contributed by atoms with E-state index >= 15 is 0 Å². The van der Waals surface area contributed by atoms with Crippen LogP contribution in [-0.4, -0.2) is 77.6 Å². The molecule has 0 saturated carbocycles. The fraction of sp³-hybridized carbons (Fsp3) is 0.688. The van der Waals surface area contributed by atoms with Crippen molar-refractivity contribution in [1.82, 2.24) is 14.2 Å². The Labute approximate surface area is 159 Å². The summed E-state index contributed by atoms with van der Waals surface area (Å²) < 4.78 is 71.0. The molecule has 1 aromatic heterocycles. The lowest BCUT2D eigenvalue weighted by Crippen LogP contribution is -2.52. The number of piperazine rings is 1. The van der Waals surface area contributed by atoms with Gasteiger partial charge in [0.1, 0.15) is 10.6 Å². The van der Waals surface area contributed by atoms with Gasteiger partial charge >= 0.3 is 6.18 Å². The third kappa shape index (κ3) is 4.70. The zero-order valence-electron chi connectivity index (χ0n) is 15.2. The van der Waals surface area contributed by atoms with Crippen molar-refractivity contribution in [1.29, 1.82) is 0 Å². The number of alkyl halides is 3. The zero-order chi connectivity index (χ0) is 19.7. The number of aromatic nitrogens is 1. The van der Waals surface area contributed by atoms with Crippen LogP contribution in [-0.2, 0) is 20.9 Å². The van der Waals surface area contributed by atoms with E-state index in [0.29, 0.717) is 38.8 Å². The van der Waals surface area contributed by atoms with E-state index in [0.717, 1.165) is 18.7 Å².